The van der Waals surface area contributed by atoms with Gasteiger partial charge in [0.1, 0.15) is 0 Å². The van der Waals surface area contributed by atoms with Crippen LogP contribution in [-0.4, -0.2) is 24.2 Å². The Hall–Kier alpha value is -1.39. The number of hydrogen-bond donors (Lipinski definition) is 3. The Morgan fingerprint density at radius 2 is 2.00 bits per heavy atom. The third kappa shape index (κ3) is 3.54. The summed E-state index contributed by atoms with van der Waals surface area (Å²) in [6.45, 7) is 3.70. The quantitative estimate of drug-likeness (QED) is 0.708. The zero-order valence-electron chi connectivity index (χ0n) is 10.3. The van der Waals surface area contributed by atoms with Crippen molar-refractivity contribution in [3.63, 3.8) is 0 Å². The molecule has 4 nitrogen and oxygen atoms in total. The Balaban J connectivity index is 2.75. The minimum atomic E-state index is -0.623. The highest BCUT2D eigenvalue weighted by molar-refractivity contribution is 5.82. The predicted molar refractivity (Wildman–Crippen MR) is 67.2 cm³/mol. The van der Waals surface area contributed by atoms with E-state index >= 15 is 0 Å². The normalized spacial score (nSPS) is 13.2. The average Bonchev–Trinajstić information content (AvgIpc) is 2.36. The number of aliphatic hydroxyl groups is 1. The van der Waals surface area contributed by atoms with E-state index in [1.165, 1.54) is 0 Å². The van der Waals surface area contributed by atoms with Gasteiger partial charge in [0.15, 0.2) is 0 Å². The highest BCUT2D eigenvalue weighted by Gasteiger charge is 2.27. The molecule has 1 rings (SSSR count). The van der Waals surface area contributed by atoms with Gasteiger partial charge < -0.3 is 16.2 Å². The largest absolute Gasteiger partial charge is 0.394 e. The molecular weight excluding hydrogens is 216 g/mol. The summed E-state index contributed by atoms with van der Waals surface area (Å²) in [5.41, 5.74) is 5.80. The third-order valence-corrected chi connectivity index (χ3v) is 2.81. The Bertz CT molecular complexity index is 363. The van der Waals surface area contributed by atoms with E-state index in [0.717, 1.165) is 5.56 Å². The minimum Gasteiger partial charge on any atom is -0.394 e. The van der Waals surface area contributed by atoms with E-state index in [1.807, 2.05) is 30.3 Å². The fourth-order valence-corrected chi connectivity index (χ4v) is 1.37. The number of amides is 1. The van der Waals surface area contributed by atoms with Gasteiger partial charge in [-0.25, -0.2) is 0 Å². The molecule has 94 valence electrons. The van der Waals surface area contributed by atoms with Crippen LogP contribution in [-0.2, 0) is 4.79 Å². The lowest BCUT2D eigenvalue weighted by Crippen LogP contribution is -2.44. The molecule has 1 aromatic rings. The van der Waals surface area contributed by atoms with Crippen LogP contribution in [0.2, 0.25) is 0 Å². The van der Waals surface area contributed by atoms with E-state index in [4.69, 9.17) is 5.73 Å². The maximum atomic E-state index is 11.9. The second-order valence-corrected chi connectivity index (χ2v) is 4.71. The first kappa shape index (κ1) is 13.7. The molecule has 0 aliphatic carbocycles. The van der Waals surface area contributed by atoms with Gasteiger partial charge in [-0.3, -0.25) is 4.79 Å². The van der Waals surface area contributed by atoms with Crippen molar-refractivity contribution in [1.29, 1.82) is 0 Å². The number of rotatable bonds is 5. The maximum absolute atomic E-state index is 11.9. The monoisotopic (exact) mass is 236 g/mol. The summed E-state index contributed by atoms with van der Waals surface area (Å²) in [4.78, 5) is 11.9. The summed E-state index contributed by atoms with van der Waals surface area (Å²) in [6.07, 6.45) is 0. The lowest BCUT2D eigenvalue weighted by atomic mass is 9.92. The summed E-state index contributed by atoms with van der Waals surface area (Å²) < 4.78 is 0. The van der Waals surface area contributed by atoms with E-state index < -0.39 is 5.41 Å². The maximum Gasteiger partial charge on any atom is 0.227 e. The standard InChI is InChI=1S/C13H20N2O2/c1-13(2,9-14)12(17)15-11(8-16)10-6-4-3-5-7-10/h3-7,11,16H,8-9,14H2,1-2H3,(H,15,17)/t11-/m0/s1. The highest BCUT2D eigenvalue weighted by Crippen LogP contribution is 2.17. The molecule has 0 spiro atoms. The molecule has 0 fully saturated rings. The minimum absolute atomic E-state index is 0.129. The van der Waals surface area contributed by atoms with Gasteiger partial charge in [-0.05, 0) is 19.4 Å². The Labute approximate surface area is 102 Å². The Morgan fingerprint density at radius 1 is 1.41 bits per heavy atom. The van der Waals surface area contributed by atoms with Gasteiger partial charge in [0, 0.05) is 6.54 Å². The summed E-state index contributed by atoms with van der Waals surface area (Å²) in [5, 5.41) is 12.1. The highest BCUT2D eigenvalue weighted by atomic mass is 16.3. The molecule has 4 heteroatoms. The summed E-state index contributed by atoms with van der Waals surface area (Å²) in [5.74, 6) is -0.150. The van der Waals surface area contributed by atoms with Crippen molar-refractivity contribution in [2.45, 2.75) is 19.9 Å². The van der Waals surface area contributed by atoms with Gasteiger partial charge >= 0.3 is 0 Å². The van der Waals surface area contributed by atoms with Crippen LogP contribution in [0.3, 0.4) is 0 Å². The zero-order valence-corrected chi connectivity index (χ0v) is 10.3. The van der Waals surface area contributed by atoms with Crippen LogP contribution in [0, 0.1) is 5.41 Å². The fraction of sp³-hybridized carbons (Fsp3) is 0.462. The first-order chi connectivity index (χ1) is 8.01. The van der Waals surface area contributed by atoms with E-state index in [2.05, 4.69) is 5.32 Å². The molecule has 17 heavy (non-hydrogen) atoms. The second-order valence-electron chi connectivity index (χ2n) is 4.71. The van der Waals surface area contributed by atoms with Crippen molar-refractivity contribution in [3.05, 3.63) is 35.9 Å². The molecule has 0 heterocycles. The number of nitrogens with one attached hydrogen (secondary N) is 1. The van der Waals surface area contributed by atoms with Gasteiger partial charge in [-0.15, -0.1) is 0 Å². The van der Waals surface area contributed by atoms with E-state index in [9.17, 15) is 9.90 Å². The molecule has 1 aromatic carbocycles. The van der Waals surface area contributed by atoms with Crippen molar-refractivity contribution < 1.29 is 9.90 Å². The third-order valence-electron chi connectivity index (χ3n) is 2.81. The number of hydrogen-bond acceptors (Lipinski definition) is 3. The van der Waals surface area contributed by atoms with Crippen molar-refractivity contribution in [1.82, 2.24) is 5.32 Å². The molecule has 0 unspecified atom stereocenters. The SMILES string of the molecule is CC(C)(CN)C(=O)N[C@@H](CO)c1ccccc1. The van der Waals surface area contributed by atoms with E-state index in [0.29, 0.717) is 0 Å². The average molecular weight is 236 g/mol. The lowest BCUT2D eigenvalue weighted by molar-refractivity contribution is -0.130. The predicted octanol–water partition coefficient (Wildman–Crippen LogP) is 0.821. The molecule has 0 radical (unpaired) electrons. The molecule has 0 aromatic heterocycles. The van der Waals surface area contributed by atoms with Crippen LogP contribution in [0.1, 0.15) is 25.5 Å². The van der Waals surface area contributed by atoms with Crippen LogP contribution < -0.4 is 11.1 Å². The lowest BCUT2D eigenvalue weighted by Gasteiger charge is -2.25. The first-order valence-electron chi connectivity index (χ1n) is 5.68. The Morgan fingerprint density at radius 3 is 2.47 bits per heavy atom. The van der Waals surface area contributed by atoms with Gasteiger partial charge in [0.25, 0.3) is 0 Å². The van der Waals surface area contributed by atoms with Crippen molar-refractivity contribution in [2.24, 2.45) is 11.1 Å². The summed E-state index contributed by atoms with van der Waals surface area (Å²) in [7, 11) is 0. The summed E-state index contributed by atoms with van der Waals surface area (Å²) in [6, 6.07) is 9.00. The van der Waals surface area contributed by atoms with Gasteiger partial charge in [0.05, 0.1) is 18.1 Å². The number of carbonyl (C=O) groups excluding carboxylic acids is 1. The molecule has 1 amide bonds. The van der Waals surface area contributed by atoms with Gasteiger partial charge in [0.2, 0.25) is 5.91 Å². The molecule has 1 atom stereocenters. The smallest absolute Gasteiger partial charge is 0.227 e. The number of nitrogens with two attached hydrogens (primary N) is 1. The molecule has 0 bridgehead atoms. The van der Waals surface area contributed by atoms with E-state index in [1.54, 1.807) is 13.8 Å². The van der Waals surface area contributed by atoms with Crippen LogP contribution in [0.5, 0.6) is 0 Å². The molecule has 0 aliphatic rings. The van der Waals surface area contributed by atoms with Crippen molar-refractivity contribution >= 4 is 5.91 Å². The van der Waals surface area contributed by atoms with Gasteiger partial charge in [-0.2, -0.15) is 0 Å². The second kappa shape index (κ2) is 5.80. The molecule has 0 aliphatic heterocycles. The zero-order chi connectivity index (χ0) is 12.9. The van der Waals surface area contributed by atoms with Crippen LogP contribution in [0.25, 0.3) is 0 Å². The first-order valence-corrected chi connectivity index (χ1v) is 5.68. The molecular formula is C13H20N2O2. The van der Waals surface area contributed by atoms with Crippen molar-refractivity contribution in [2.75, 3.05) is 13.2 Å². The summed E-state index contributed by atoms with van der Waals surface area (Å²) >= 11 is 0. The molecule has 0 saturated carbocycles. The van der Waals surface area contributed by atoms with Gasteiger partial charge in [-0.1, -0.05) is 30.3 Å². The number of benzene rings is 1. The van der Waals surface area contributed by atoms with E-state index in [-0.39, 0.29) is 25.1 Å². The number of aliphatic hydroxyl groups excluding tert-OH is 1. The van der Waals surface area contributed by atoms with Crippen molar-refractivity contribution in [3.8, 4) is 0 Å². The van der Waals surface area contributed by atoms with Crippen LogP contribution in [0.4, 0.5) is 0 Å². The topological polar surface area (TPSA) is 75.4 Å². The molecule has 0 saturated heterocycles. The van der Waals surface area contributed by atoms with Crippen LogP contribution in [0.15, 0.2) is 30.3 Å². The fourth-order valence-electron chi connectivity index (χ4n) is 1.37. The molecule has 4 N–H and O–H groups in total. The van der Waals surface area contributed by atoms with Crippen LogP contribution >= 0.6 is 0 Å². The number of carbonyl (C=O) groups is 1. The Kier molecular flexibility index (Phi) is 4.66.